The summed E-state index contributed by atoms with van der Waals surface area (Å²) in [6.45, 7) is 1.88. The Hall–Kier alpha value is -3.80. The first-order valence-corrected chi connectivity index (χ1v) is 11.6. The highest BCUT2D eigenvalue weighted by Gasteiger charge is 2.17. The van der Waals surface area contributed by atoms with E-state index in [1.807, 2.05) is 49.4 Å². The van der Waals surface area contributed by atoms with Crippen LogP contribution < -0.4 is 10.3 Å². The number of allylic oxidation sites excluding steroid dienone is 1. The molecule has 8 heteroatoms. The zero-order valence-electron chi connectivity index (χ0n) is 17.3. The van der Waals surface area contributed by atoms with Crippen LogP contribution in [0.4, 0.5) is 0 Å². The first-order valence-electron chi connectivity index (χ1n) is 9.96. The number of para-hydroxylation sites is 1. The minimum atomic E-state index is -0.329. The normalized spacial score (nSPS) is 11.6. The van der Waals surface area contributed by atoms with E-state index in [1.165, 1.54) is 21.8 Å². The number of benzene rings is 2. The van der Waals surface area contributed by atoms with E-state index in [-0.39, 0.29) is 22.6 Å². The second kappa shape index (κ2) is 8.62. The number of rotatable bonds is 4. The molecule has 0 spiro atoms. The van der Waals surface area contributed by atoms with Crippen LogP contribution in [0.1, 0.15) is 16.1 Å². The Morgan fingerprint density at radius 1 is 1.12 bits per heavy atom. The van der Waals surface area contributed by atoms with Gasteiger partial charge in [0.05, 0.1) is 15.8 Å². The topological polar surface area (TPSA) is 80.3 Å². The molecule has 0 amide bonds. The molecule has 0 unspecified atom stereocenters. The molecule has 0 N–H and O–H groups in total. The minimum absolute atomic E-state index is 0.130. The van der Waals surface area contributed by atoms with Gasteiger partial charge in [-0.25, -0.2) is 4.98 Å². The molecule has 5 aromatic rings. The van der Waals surface area contributed by atoms with E-state index in [1.54, 1.807) is 24.4 Å². The first kappa shape index (κ1) is 21.1. The molecule has 0 bridgehead atoms. The fraction of sp³-hybridized carbons (Fsp3) is 0.0400. The molecule has 160 valence electrons. The van der Waals surface area contributed by atoms with Crippen molar-refractivity contribution in [3.8, 4) is 17.7 Å². The molecule has 5 rings (SSSR count). The molecule has 0 saturated heterocycles. The Bertz CT molecular complexity index is 1610. The second-order valence-corrected chi connectivity index (χ2v) is 9.18. The molecule has 0 fully saturated rings. The largest absolute Gasteiger partial charge is 0.438 e. The number of nitriles is 1. The predicted molar refractivity (Wildman–Crippen MR) is 134 cm³/mol. The summed E-state index contributed by atoms with van der Waals surface area (Å²) in [5, 5.41) is 10.4. The third-order valence-electron chi connectivity index (χ3n) is 5.01. The predicted octanol–water partition coefficient (Wildman–Crippen LogP) is 6.23. The average molecular weight is 515 g/mol. The number of fused-ring (bicyclic) bond motifs is 2. The third kappa shape index (κ3) is 4.04. The Morgan fingerprint density at radius 3 is 2.67 bits per heavy atom. The van der Waals surface area contributed by atoms with Gasteiger partial charge < -0.3 is 4.74 Å². The van der Waals surface area contributed by atoms with Crippen molar-refractivity contribution >= 4 is 54.8 Å². The average Bonchev–Trinajstić information content (AvgIpc) is 3.25. The van der Waals surface area contributed by atoms with Crippen LogP contribution in [0.3, 0.4) is 0 Å². The number of pyridine rings is 1. The number of thiazole rings is 1. The maximum atomic E-state index is 13.5. The van der Waals surface area contributed by atoms with E-state index < -0.39 is 0 Å². The maximum absolute atomic E-state index is 13.5. The number of ether oxygens (including phenoxy) is 1. The molecular weight excluding hydrogens is 500 g/mol. The first-order chi connectivity index (χ1) is 16.0. The third-order valence-corrected chi connectivity index (χ3v) is 6.61. The van der Waals surface area contributed by atoms with Crippen LogP contribution in [0, 0.1) is 18.3 Å². The number of aromatic nitrogens is 3. The van der Waals surface area contributed by atoms with E-state index in [2.05, 4.69) is 32.0 Å². The highest BCUT2D eigenvalue weighted by atomic mass is 79.9. The van der Waals surface area contributed by atoms with Gasteiger partial charge in [0.1, 0.15) is 28.0 Å². The summed E-state index contributed by atoms with van der Waals surface area (Å²) in [4.78, 5) is 22.7. The van der Waals surface area contributed by atoms with Crippen molar-refractivity contribution in [2.24, 2.45) is 0 Å². The summed E-state index contributed by atoms with van der Waals surface area (Å²) in [6.07, 6.45) is 3.16. The van der Waals surface area contributed by atoms with Crippen molar-refractivity contribution in [1.29, 1.82) is 5.26 Å². The van der Waals surface area contributed by atoms with E-state index in [4.69, 9.17) is 4.74 Å². The van der Waals surface area contributed by atoms with E-state index in [0.29, 0.717) is 16.4 Å². The maximum Gasteiger partial charge on any atom is 0.269 e. The monoisotopic (exact) mass is 514 g/mol. The van der Waals surface area contributed by atoms with Gasteiger partial charge in [0.25, 0.3) is 5.56 Å². The van der Waals surface area contributed by atoms with Crippen LogP contribution in [0.5, 0.6) is 11.6 Å². The second-order valence-electron chi connectivity index (χ2n) is 7.23. The Balaban J connectivity index is 1.72. The highest BCUT2D eigenvalue weighted by molar-refractivity contribution is 9.10. The number of hydrogen-bond donors (Lipinski definition) is 0. The summed E-state index contributed by atoms with van der Waals surface area (Å²) in [5.41, 5.74) is 2.24. The van der Waals surface area contributed by atoms with Gasteiger partial charge in [0.2, 0.25) is 5.88 Å². The summed E-state index contributed by atoms with van der Waals surface area (Å²) in [6, 6.07) is 20.7. The van der Waals surface area contributed by atoms with E-state index in [9.17, 15) is 10.1 Å². The fourth-order valence-corrected chi connectivity index (χ4v) is 4.58. The molecule has 33 heavy (non-hydrogen) atoms. The zero-order valence-corrected chi connectivity index (χ0v) is 19.7. The molecule has 0 aliphatic carbocycles. The molecule has 3 heterocycles. The van der Waals surface area contributed by atoms with Gasteiger partial charge in [-0.1, -0.05) is 34.1 Å². The van der Waals surface area contributed by atoms with Crippen LogP contribution in [-0.4, -0.2) is 14.4 Å². The molecule has 0 atom stereocenters. The van der Waals surface area contributed by atoms with Crippen LogP contribution in [0.25, 0.3) is 27.5 Å². The van der Waals surface area contributed by atoms with Gasteiger partial charge in [0, 0.05) is 10.7 Å². The summed E-state index contributed by atoms with van der Waals surface area (Å²) in [5.74, 6) is 0.654. The molecule has 0 saturated carbocycles. The summed E-state index contributed by atoms with van der Waals surface area (Å²) in [7, 11) is 0. The standard InChI is InChI=1S/C25H15BrN4O2S/c1-15-5-4-12-30-22(15)29-23(32-18-10-8-17(26)9-11-18)19(25(30)31)13-16(14-27)24-28-20-6-2-3-7-21(20)33-24/h2-13H,1H3/b16-13+. The van der Waals surface area contributed by atoms with Crippen LogP contribution in [0.15, 0.2) is 76.1 Å². The van der Waals surface area contributed by atoms with E-state index in [0.717, 1.165) is 20.3 Å². The van der Waals surface area contributed by atoms with Crippen LogP contribution in [-0.2, 0) is 0 Å². The summed E-state index contributed by atoms with van der Waals surface area (Å²) >= 11 is 4.80. The number of halogens is 1. The van der Waals surface area contributed by atoms with Gasteiger partial charge in [-0.15, -0.1) is 11.3 Å². The SMILES string of the molecule is Cc1cccn2c(=O)c(/C=C(\C#N)c3nc4ccccc4s3)c(Oc3ccc(Br)cc3)nc12. The van der Waals surface area contributed by atoms with Crippen LogP contribution in [0.2, 0.25) is 0 Å². The molecule has 2 aromatic carbocycles. The summed E-state index contributed by atoms with van der Waals surface area (Å²) < 4.78 is 9.36. The lowest BCUT2D eigenvalue weighted by Crippen LogP contribution is -2.19. The van der Waals surface area contributed by atoms with Crippen LogP contribution >= 0.6 is 27.3 Å². The van der Waals surface area contributed by atoms with Crippen molar-refractivity contribution in [1.82, 2.24) is 14.4 Å². The lowest BCUT2D eigenvalue weighted by Gasteiger charge is -2.11. The van der Waals surface area contributed by atoms with Crippen molar-refractivity contribution in [2.45, 2.75) is 6.92 Å². The number of hydrogen-bond acceptors (Lipinski definition) is 6. The number of nitrogens with zero attached hydrogens (tertiary/aromatic N) is 4. The van der Waals surface area contributed by atoms with Crippen molar-refractivity contribution in [3.63, 3.8) is 0 Å². The number of aryl methyl sites for hydroxylation is 1. The lowest BCUT2D eigenvalue weighted by atomic mass is 10.2. The molecule has 3 aromatic heterocycles. The molecule has 6 nitrogen and oxygen atoms in total. The molecular formula is C25H15BrN4O2S. The Morgan fingerprint density at radius 2 is 1.91 bits per heavy atom. The molecule has 0 aliphatic heterocycles. The van der Waals surface area contributed by atoms with Crippen molar-refractivity contribution in [2.75, 3.05) is 0 Å². The van der Waals surface area contributed by atoms with E-state index >= 15 is 0 Å². The smallest absolute Gasteiger partial charge is 0.269 e. The fourth-order valence-electron chi connectivity index (χ4n) is 3.38. The quantitative estimate of drug-likeness (QED) is 0.265. The Labute approximate surface area is 201 Å². The van der Waals surface area contributed by atoms with Crippen molar-refractivity contribution < 1.29 is 4.74 Å². The zero-order chi connectivity index (χ0) is 22.9. The minimum Gasteiger partial charge on any atom is -0.438 e. The lowest BCUT2D eigenvalue weighted by molar-refractivity contribution is 0.461. The van der Waals surface area contributed by atoms with Gasteiger partial charge in [-0.2, -0.15) is 10.2 Å². The van der Waals surface area contributed by atoms with Gasteiger partial charge in [-0.05, 0) is 61.0 Å². The molecule has 0 radical (unpaired) electrons. The molecule has 0 aliphatic rings. The van der Waals surface area contributed by atoms with Crippen molar-refractivity contribution in [3.05, 3.63) is 97.8 Å². The van der Waals surface area contributed by atoms with Gasteiger partial charge in [-0.3, -0.25) is 9.20 Å². The van der Waals surface area contributed by atoms with Gasteiger partial charge >= 0.3 is 0 Å². The Kier molecular flexibility index (Phi) is 5.50. The van der Waals surface area contributed by atoms with Gasteiger partial charge in [0.15, 0.2) is 0 Å². The highest BCUT2D eigenvalue weighted by Crippen LogP contribution is 2.30.